The molecule has 2 aliphatic rings. The first-order chi connectivity index (χ1) is 8.86. The molecule has 0 N–H and O–H groups in total. The first kappa shape index (κ1) is 14.1. The van der Waals surface area contributed by atoms with E-state index < -0.39 is 10.8 Å². The second-order valence-electron chi connectivity index (χ2n) is 5.55. The summed E-state index contributed by atoms with van der Waals surface area (Å²) in [5.41, 5.74) is 1.49. The maximum atomic E-state index is 11.8. The predicted molar refractivity (Wildman–Crippen MR) is 77.0 cm³/mol. The quantitative estimate of drug-likeness (QED) is 0.559. The molecule has 2 unspecified atom stereocenters. The van der Waals surface area contributed by atoms with Crippen molar-refractivity contribution in [1.29, 1.82) is 0 Å². The van der Waals surface area contributed by atoms with Crippen LogP contribution in [0.15, 0.2) is 11.8 Å². The van der Waals surface area contributed by atoms with Gasteiger partial charge in [-0.1, -0.05) is 12.8 Å². The van der Waals surface area contributed by atoms with Crippen molar-refractivity contribution in [3.63, 3.8) is 0 Å². The van der Waals surface area contributed by atoms with E-state index in [4.69, 9.17) is 4.74 Å². The van der Waals surface area contributed by atoms with Gasteiger partial charge in [-0.15, -0.1) is 0 Å². The molecule has 3 heteroatoms. The van der Waals surface area contributed by atoms with E-state index in [9.17, 15) is 4.21 Å². The van der Waals surface area contributed by atoms with Crippen LogP contribution in [0.2, 0.25) is 0 Å². The van der Waals surface area contributed by atoms with Crippen LogP contribution < -0.4 is 0 Å². The minimum absolute atomic E-state index is 0.449. The molecule has 0 spiro atoms. The van der Waals surface area contributed by atoms with Crippen LogP contribution >= 0.6 is 0 Å². The highest BCUT2D eigenvalue weighted by Gasteiger charge is 2.19. The second kappa shape index (κ2) is 7.98. The Morgan fingerprint density at radius 3 is 2.78 bits per heavy atom. The van der Waals surface area contributed by atoms with E-state index in [1.807, 2.05) is 6.26 Å². The minimum atomic E-state index is -0.559. The summed E-state index contributed by atoms with van der Waals surface area (Å²) in [7, 11) is -0.559. The van der Waals surface area contributed by atoms with Gasteiger partial charge in [0.25, 0.3) is 0 Å². The van der Waals surface area contributed by atoms with Gasteiger partial charge in [0.15, 0.2) is 0 Å². The summed E-state index contributed by atoms with van der Waals surface area (Å²) in [6.45, 7) is 0.803. The third-order valence-electron chi connectivity index (χ3n) is 4.03. The van der Waals surface area contributed by atoms with Crippen molar-refractivity contribution in [2.24, 2.45) is 0 Å². The monoisotopic (exact) mass is 270 g/mol. The lowest BCUT2D eigenvalue weighted by molar-refractivity contribution is 0.235. The van der Waals surface area contributed by atoms with Gasteiger partial charge in [-0.3, -0.25) is 4.21 Å². The zero-order chi connectivity index (χ0) is 12.6. The average Bonchev–Trinajstić information content (AvgIpc) is 2.42. The lowest BCUT2D eigenvalue weighted by atomic mass is 9.96. The molecular weight excluding hydrogens is 244 g/mol. The molecule has 0 amide bonds. The third-order valence-corrected chi connectivity index (χ3v) is 5.93. The zero-order valence-corrected chi connectivity index (χ0v) is 12.2. The molecule has 2 rings (SSSR count). The summed E-state index contributed by atoms with van der Waals surface area (Å²) in [5, 5.41) is 0.449. The van der Waals surface area contributed by atoms with Gasteiger partial charge < -0.3 is 4.74 Å². The SMILES string of the molecule is O=S1CCCCC1CCCOC=C1CCCCC1. The molecule has 0 bridgehead atoms. The Balaban J connectivity index is 1.56. The van der Waals surface area contributed by atoms with Gasteiger partial charge in [0.2, 0.25) is 0 Å². The summed E-state index contributed by atoms with van der Waals surface area (Å²) in [4.78, 5) is 0. The maximum absolute atomic E-state index is 11.8. The Kier molecular flexibility index (Phi) is 6.25. The van der Waals surface area contributed by atoms with E-state index in [1.165, 1.54) is 44.1 Å². The van der Waals surface area contributed by atoms with Crippen LogP contribution in [-0.4, -0.2) is 21.8 Å². The van der Waals surface area contributed by atoms with E-state index >= 15 is 0 Å². The number of allylic oxidation sites excluding steroid dienone is 1. The number of ether oxygens (including phenoxy) is 1. The topological polar surface area (TPSA) is 26.3 Å². The van der Waals surface area contributed by atoms with Crippen LogP contribution in [0.1, 0.15) is 64.2 Å². The number of hydrogen-bond donors (Lipinski definition) is 0. The molecule has 1 aliphatic carbocycles. The van der Waals surface area contributed by atoms with E-state index in [2.05, 4.69) is 0 Å². The van der Waals surface area contributed by atoms with Gasteiger partial charge in [0.05, 0.1) is 12.9 Å². The van der Waals surface area contributed by atoms with Gasteiger partial charge in [-0.2, -0.15) is 0 Å². The fourth-order valence-electron chi connectivity index (χ4n) is 2.89. The molecule has 1 saturated carbocycles. The van der Waals surface area contributed by atoms with Crippen molar-refractivity contribution in [3.8, 4) is 0 Å². The fraction of sp³-hybridized carbons (Fsp3) is 0.867. The zero-order valence-electron chi connectivity index (χ0n) is 11.4. The summed E-state index contributed by atoms with van der Waals surface area (Å²) in [6, 6.07) is 0. The van der Waals surface area contributed by atoms with Crippen molar-refractivity contribution < 1.29 is 8.95 Å². The van der Waals surface area contributed by atoms with E-state index in [1.54, 1.807) is 0 Å². The molecule has 0 radical (unpaired) electrons. The summed E-state index contributed by atoms with van der Waals surface area (Å²) < 4.78 is 17.4. The highest BCUT2D eigenvalue weighted by molar-refractivity contribution is 7.85. The predicted octanol–water partition coefficient (Wildman–Crippen LogP) is 3.93. The molecule has 2 nitrogen and oxygen atoms in total. The van der Waals surface area contributed by atoms with Gasteiger partial charge >= 0.3 is 0 Å². The van der Waals surface area contributed by atoms with Gasteiger partial charge in [0, 0.05) is 21.8 Å². The normalized spacial score (nSPS) is 29.0. The van der Waals surface area contributed by atoms with Gasteiger partial charge in [-0.05, 0) is 56.9 Å². The number of hydrogen-bond acceptors (Lipinski definition) is 2. The van der Waals surface area contributed by atoms with Crippen molar-refractivity contribution >= 4 is 10.8 Å². The molecule has 0 aromatic carbocycles. The van der Waals surface area contributed by atoms with Crippen LogP contribution in [-0.2, 0) is 15.5 Å². The average molecular weight is 270 g/mol. The Bertz CT molecular complexity index is 291. The second-order valence-corrected chi connectivity index (χ2v) is 7.39. The van der Waals surface area contributed by atoms with Crippen molar-refractivity contribution in [1.82, 2.24) is 0 Å². The van der Waals surface area contributed by atoms with Crippen LogP contribution in [0, 0.1) is 0 Å². The molecule has 18 heavy (non-hydrogen) atoms. The molecule has 2 fully saturated rings. The smallest absolute Gasteiger partial charge is 0.0873 e. The molecule has 2 atom stereocenters. The van der Waals surface area contributed by atoms with Gasteiger partial charge in [0.1, 0.15) is 0 Å². The Hall–Kier alpha value is -0.310. The summed E-state index contributed by atoms with van der Waals surface area (Å²) in [5.74, 6) is 0.926. The van der Waals surface area contributed by atoms with E-state index in [0.717, 1.165) is 38.0 Å². The van der Waals surface area contributed by atoms with Crippen LogP contribution in [0.4, 0.5) is 0 Å². The number of rotatable bonds is 5. The molecule has 104 valence electrons. The molecule has 1 heterocycles. The maximum Gasteiger partial charge on any atom is 0.0873 e. The summed E-state index contributed by atoms with van der Waals surface area (Å²) >= 11 is 0. The van der Waals surface area contributed by atoms with Crippen molar-refractivity contribution in [2.75, 3.05) is 12.4 Å². The fourth-order valence-corrected chi connectivity index (χ4v) is 4.57. The Morgan fingerprint density at radius 1 is 1.17 bits per heavy atom. The first-order valence-electron chi connectivity index (χ1n) is 7.53. The molecule has 0 aromatic rings. The highest BCUT2D eigenvalue weighted by atomic mass is 32.2. The highest BCUT2D eigenvalue weighted by Crippen LogP contribution is 2.23. The van der Waals surface area contributed by atoms with Crippen LogP contribution in [0.3, 0.4) is 0 Å². The lowest BCUT2D eigenvalue weighted by Crippen LogP contribution is -2.22. The summed E-state index contributed by atoms with van der Waals surface area (Å²) in [6.07, 6.45) is 14.2. The molecule has 0 aromatic heterocycles. The molecule has 1 aliphatic heterocycles. The van der Waals surface area contributed by atoms with Crippen LogP contribution in [0.5, 0.6) is 0 Å². The Morgan fingerprint density at radius 2 is 2.00 bits per heavy atom. The first-order valence-corrected chi connectivity index (χ1v) is 8.91. The largest absolute Gasteiger partial charge is 0.501 e. The molecule has 1 saturated heterocycles. The standard InChI is InChI=1S/C15H26O2S/c16-18-12-5-4-9-15(18)10-6-11-17-13-14-7-2-1-3-8-14/h13,15H,1-12H2. The van der Waals surface area contributed by atoms with E-state index in [-0.39, 0.29) is 0 Å². The Labute approximate surface area is 114 Å². The van der Waals surface area contributed by atoms with Gasteiger partial charge in [-0.25, -0.2) is 0 Å². The van der Waals surface area contributed by atoms with Crippen LogP contribution in [0.25, 0.3) is 0 Å². The minimum Gasteiger partial charge on any atom is -0.501 e. The van der Waals surface area contributed by atoms with Crippen molar-refractivity contribution in [3.05, 3.63) is 11.8 Å². The molecular formula is C15H26O2S. The van der Waals surface area contributed by atoms with E-state index in [0.29, 0.717) is 5.25 Å². The van der Waals surface area contributed by atoms with Crippen molar-refractivity contribution in [2.45, 2.75) is 69.5 Å². The lowest BCUT2D eigenvalue weighted by Gasteiger charge is -2.20. The third kappa shape index (κ3) is 4.75.